The van der Waals surface area contributed by atoms with E-state index in [4.69, 9.17) is 14.0 Å². The predicted molar refractivity (Wildman–Crippen MR) is 125 cm³/mol. The standard InChI is InChI=1S/C23H38BN3O4/c1-16-17(15-27-11-9-25-10-12-27)13-18(24-30-22(5,6)23(7,8)31-24)14-19(16)26-20(28)29-21(2,3)4/h13-14,25H,9-12,15H2,1-8H3,(H,26,28). The first kappa shape index (κ1) is 24.0. The lowest BCUT2D eigenvalue weighted by molar-refractivity contribution is 0.00578. The van der Waals surface area contributed by atoms with Gasteiger partial charge in [-0.1, -0.05) is 6.07 Å². The summed E-state index contributed by atoms with van der Waals surface area (Å²) in [5.74, 6) is 0. The van der Waals surface area contributed by atoms with Crippen molar-refractivity contribution in [2.45, 2.75) is 78.7 Å². The zero-order chi connectivity index (χ0) is 23.0. The van der Waals surface area contributed by atoms with Gasteiger partial charge in [-0.05, 0) is 78.0 Å². The van der Waals surface area contributed by atoms with Gasteiger partial charge < -0.3 is 19.4 Å². The van der Waals surface area contributed by atoms with Crippen LogP contribution < -0.4 is 16.1 Å². The van der Waals surface area contributed by atoms with Gasteiger partial charge in [0.2, 0.25) is 0 Å². The fourth-order valence-electron chi connectivity index (χ4n) is 3.73. The van der Waals surface area contributed by atoms with Crippen LogP contribution in [0.1, 0.15) is 59.6 Å². The van der Waals surface area contributed by atoms with Crippen molar-refractivity contribution in [3.8, 4) is 0 Å². The van der Waals surface area contributed by atoms with Crippen LogP contribution in [-0.2, 0) is 20.6 Å². The Morgan fingerprint density at radius 3 is 2.29 bits per heavy atom. The van der Waals surface area contributed by atoms with Crippen molar-refractivity contribution < 1.29 is 18.8 Å². The first-order chi connectivity index (χ1) is 14.3. The number of benzene rings is 1. The highest BCUT2D eigenvalue weighted by Gasteiger charge is 2.51. The van der Waals surface area contributed by atoms with E-state index in [1.165, 1.54) is 0 Å². The molecule has 0 unspecified atom stereocenters. The molecule has 0 aromatic heterocycles. The number of piperazine rings is 1. The van der Waals surface area contributed by atoms with Crippen LogP contribution in [0.25, 0.3) is 0 Å². The zero-order valence-corrected chi connectivity index (χ0v) is 20.3. The molecule has 0 atom stereocenters. The predicted octanol–water partition coefficient (Wildman–Crippen LogP) is 3.05. The maximum absolute atomic E-state index is 12.5. The molecule has 0 bridgehead atoms. The van der Waals surface area contributed by atoms with Crippen molar-refractivity contribution in [1.29, 1.82) is 0 Å². The Labute approximate surface area is 187 Å². The van der Waals surface area contributed by atoms with Crippen molar-refractivity contribution in [2.24, 2.45) is 0 Å². The average molecular weight is 431 g/mol. The number of ether oxygens (including phenoxy) is 1. The molecule has 0 spiro atoms. The summed E-state index contributed by atoms with van der Waals surface area (Å²) in [4.78, 5) is 14.9. The maximum Gasteiger partial charge on any atom is 0.494 e. The molecule has 172 valence electrons. The molecule has 0 saturated carbocycles. The van der Waals surface area contributed by atoms with E-state index in [9.17, 15) is 4.79 Å². The number of nitrogens with one attached hydrogen (secondary N) is 2. The minimum Gasteiger partial charge on any atom is -0.444 e. The number of rotatable bonds is 4. The van der Waals surface area contributed by atoms with Gasteiger partial charge in [-0.15, -0.1) is 0 Å². The first-order valence-corrected chi connectivity index (χ1v) is 11.2. The van der Waals surface area contributed by atoms with Crippen LogP contribution >= 0.6 is 0 Å². The molecule has 1 amide bonds. The Bertz CT molecular complexity index is 798. The van der Waals surface area contributed by atoms with E-state index in [0.717, 1.165) is 55.0 Å². The van der Waals surface area contributed by atoms with Crippen LogP contribution in [0.4, 0.5) is 10.5 Å². The van der Waals surface area contributed by atoms with E-state index in [1.807, 2.05) is 61.5 Å². The molecule has 2 saturated heterocycles. The highest BCUT2D eigenvalue weighted by atomic mass is 16.7. The Morgan fingerprint density at radius 2 is 1.74 bits per heavy atom. The van der Waals surface area contributed by atoms with Crippen molar-refractivity contribution in [3.05, 3.63) is 23.3 Å². The quantitative estimate of drug-likeness (QED) is 0.715. The summed E-state index contributed by atoms with van der Waals surface area (Å²) in [6, 6.07) is 4.10. The molecule has 0 aliphatic carbocycles. The summed E-state index contributed by atoms with van der Waals surface area (Å²) >= 11 is 0. The fraction of sp³-hybridized carbons (Fsp3) is 0.696. The van der Waals surface area contributed by atoms with Crippen molar-refractivity contribution in [3.63, 3.8) is 0 Å². The molecule has 2 N–H and O–H groups in total. The van der Waals surface area contributed by atoms with E-state index in [1.54, 1.807) is 0 Å². The van der Waals surface area contributed by atoms with Gasteiger partial charge in [0, 0.05) is 38.4 Å². The van der Waals surface area contributed by atoms with Crippen molar-refractivity contribution in [1.82, 2.24) is 10.2 Å². The molecule has 2 fully saturated rings. The minimum atomic E-state index is -0.565. The van der Waals surface area contributed by atoms with Gasteiger partial charge in [-0.2, -0.15) is 0 Å². The van der Waals surface area contributed by atoms with Crippen LogP contribution in [0, 0.1) is 6.92 Å². The van der Waals surface area contributed by atoms with Gasteiger partial charge in [-0.25, -0.2) is 4.79 Å². The normalized spacial score (nSPS) is 21.2. The second-order valence-corrected chi connectivity index (χ2v) is 10.6. The van der Waals surface area contributed by atoms with Gasteiger partial charge >= 0.3 is 13.2 Å². The maximum atomic E-state index is 12.5. The number of nitrogens with zero attached hydrogens (tertiary/aromatic N) is 1. The Hall–Kier alpha value is -1.61. The third-order valence-electron chi connectivity index (χ3n) is 6.30. The van der Waals surface area contributed by atoms with Gasteiger partial charge in [0.25, 0.3) is 0 Å². The highest BCUT2D eigenvalue weighted by Crippen LogP contribution is 2.37. The molecule has 2 heterocycles. The average Bonchev–Trinajstić information content (AvgIpc) is 2.85. The van der Waals surface area contributed by atoms with Crippen LogP contribution in [0.15, 0.2) is 12.1 Å². The molecule has 2 aliphatic heterocycles. The second kappa shape index (κ2) is 8.73. The molecule has 1 aromatic carbocycles. The second-order valence-electron chi connectivity index (χ2n) is 10.6. The van der Waals surface area contributed by atoms with Crippen molar-refractivity contribution >= 4 is 24.4 Å². The summed E-state index contributed by atoms with van der Waals surface area (Å²) in [6.07, 6.45) is -0.463. The van der Waals surface area contributed by atoms with Gasteiger partial charge in [0.1, 0.15) is 5.60 Å². The van der Waals surface area contributed by atoms with Gasteiger partial charge in [0.05, 0.1) is 11.2 Å². The fourth-order valence-corrected chi connectivity index (χ4v) is 3.73. The van der Waals surface area contributed by atoms with Crippen LogP contribution in [0.2, 0.25) is 0 Å². The largest absolute Gasteiger partial charge is 0.494 e. The summed E-state index contributed by atoms with van der Waals surface area (Å²) < 4.78 is 18.1. The van der Waals surface area contributed by atoms with Crippen LogP contribution in [0.3, 0.4) is 0 Å². The molecule has 8 heteroatoms. The molecule has 7 nitrogen and oxygen atoms in total. The molecule has 2 aliphatic rings. The summed E-state index contributed by atoms with van der Waals surface area (Å²) in [7, 11) is -0.494. The van der Waals surface area contributed by atoms with E-state index in [2.05, 4.69) is 21.6 Å². The molecule has 31 heavy (non-hydrogen) atoms. The summed E-state index contributed by atoms with van der Waals surface area (Å²) in [5, 5.41) is 6.34. The van der Waals surface area contributed by atoms with E-state index in [-0.39, 0.29) is 0 Å². The van der Waals surface area contributed by atoms with Crippen molar-refractivity contribution in [2.75, 3.05) is 31.5 Å². The SMILES string of the molecule is Cc1c(CN2CCNCC2)cc(B2OC(C)(C)C(C)(C)O2)cc1NC(=O)OC(C)(C)C. The topological polar surface area (TPSA) is 72.1 Å². The van der Waals surface area contributed by atoms with E-state index >= 15 is 0 Å². The number of amides is 1. The molecule has 1 aromatic rings. The third kappa shape index (κ3) is 5.80. The Morgan fingerprint density at radius 1 is 1.16 bits per heavy atom. The number of hydrogen-bond acceptors (Lipinski definition) is 6. The minimum absolute atomic E-state index is 0.431. The lowest BCUT2D eigenvalue weighted by atomic mass is 9.77. The lowest BCUT2D eigenvalue weighted by Crippen LogP contribution is -2.43. The first-order valence-electron chi connectivity index (χ1n) is 11.2. The third-order valence-corrected chi connectivity index (χ3v) is 6.30. The number of carbonyl (C=O) groups excluding carboxylic acids is 1. The number of hydrogen-bond donors (Lipinski definition) is 2. The summed E-state index contributed by atoms with van der Waals surface area (Å²) in [5.41, 5.74) is 2.39. The number of anilines is 1. The Balaban J connectivity index is 1.92. The Kier molecular flexibility index (Phi) is 6.77. The number of carbonyl (C=O) groups is 1. The van der Waals surface area contributed by atoms with E-state index in [0.29, 0.717) is 0 Å². The van der Waals surface area contributed by atoms with Crippen LogP contribution in [0.5, 0.6) is 0 Å². The molecule has 3 rings (SSSR count). The molecular formula is C23H38BN3O4. The van der Waals surface area contributed by atoms with Gasteiger partial charge in [0.15, 0.2) is 0 Å². The highest BCUT2D eigenvalue weighted by molar-refractivity contribution is 6.62. The monoisotopic (exact) mass is 431 g/mol. The molecule has 0 radical (unpaired) electrons. The van der Waals surface area contributed by atoms with Gasteiger partial charge in [-0.3, -0.25) is 10.2 Å². The lowest BCUT2D eigenvalue weighted by Gasteiger charge is -2.32. The molecular weight excluding hydrogens is 393 g/mol. The smallest absolute Gasteiger partial charge is 0.444 e. The zero-order valence-electron chi connectivity index (χ0n) is 20.3. The van der Waals surface area contributed by atoms with Crippen LogP contribution in [-0.4, -0.2) is 61.1 Å². The summed E-state index contributed by atoms with van der Waals surface area (Å²) in [6.45, 7) is 20.6. The van der Waals surface area contributed by atoms with E-state index < -0.39 is 30.0 Å².